The van der Waals surface area contributed by atoms with Crippen molar-refractivity contribution >= 4 is 41.4 Å². The van der Waals surface area contributed by atoms with Gasteiger partial charge in [-0.05, 0) is 66.0 Å². The Morgan fingerprint density at radius 2 is 1.50 bits per heavy atom. The summed E-state index contributed by atoms with van der Waals surface area (Å²) in [5.41, 5.74) is -1.75. The van der Waals surface area contributed by atoms with Gasteiger partial charge in [0, 0.05) is 4.92 Å². The quantitative estimate of drug-likeness (QED) is 0.363. The molecule has 0 N–H and O–H groups in total. The molecule has 0 fully saturated rings. The highest BCUT2D eigenvalue weighted by atomic mass is 35.5. The number of nitro groups is 1. The highest BCUT2D eigenvalue weighted by Crippen LogP contribution is 2.34. The third-order valence-electron chi connectivity index (χ3n) is 4.34. The fraction of sp³-hybridized carbons (Fsp3) is 0.591. The number of hydrogen-bond acceptors (Lipinski definition) is 8. The van der Waals surface area contributed by atoms with Crippen molar-refractivity contribution in [3.8, 4) is 0 Å². The van der Waals surface area contributed by atoms with Gasteiger partial charge in [0.2, 0.25) is 6.54 Å². The molecule has 0 spiro atoms. The number of nitrogens with zero attached hydrogens (tertiary/aromatic N) is 2. The number of ether oxygens (including phenoxy) is 2. The van der Waals surface area contributed by atoms with Crippen LogP contribution >= 0.6 is 23.2 Å². The molecular formula is C22H29Cl2N2O8-. The van der Waals surface area contributed by atoms with Gasteiger partial charge in [0.1, 0.15) is 11.2 Å². The summed E-state index contributed by atoms with van der Waals surface area (Å²) in [5.74, 6) is -2.61. The van der Waals surface area contributed by atoms with Gasteiger partial charge in [0.05, 0.1) is 28.0 Å². The zero-order chi connectivity index (χ0) is 26.4. The van der Waals surface area contributed by atoms with Gasteiger partial charge in [-0.2, -0.15) is 0 Å². The lowest BCUT2D eigenvalue weighted by molar-refractivity contribution is -0.483. The molecule has 0 aliphatic carbocycles. The van der Waals surface area contributed by atoms with Crippen LogP contribution in [0.4, 0.5) is 9.59 Å². The molecule has 12 heteroatoms. The molecule has 190 valence electrons. The molecule has 0 aliphatic heterocycles. The van der Waals surface area contributed by atoms with Crippen LogP contribution in [-0.2, 0) is 14.3 Å². The van der Waals surface area contributed by atoms with Crippen LogP contribution in [-0.4, -0.2) is 51.8 Å². The SMILES string of the molecule is CC(C)(C)OC(=O)N(C(=O)OC(C)(C)C)[C@H](CCC(C[N+](=O)[O-])c1cccc(Cl)c1Cl)C(=O)[O-]. The molecule has 0 heterocycles. The lowest BCUT2D eigenvalue weighted by atomic mass is 9.92. The van der Waals surface area contributed by atoms with Crippen molar-refractivity contribution in [3.63, 3.8) is 0 Å². The average molecular weight is 520 g/mol. The number of imide groups is 1. The van der Waals surface area contributed by atoms with Crippen LogP contribution in [0.1, 0.15) is 65.9 Å². The van der Waals surface area contributed by atoms with Crippen LogP contribution in [0.5, 0.6) is 0 Å². The van der Waals surface area contributed by atoms with E-state index in [2.05, 4.69) is 0 Å². The van der Waals surface area contributed by atoms with E-state index in [1.54, 1.807) is 47.6 Å². The van der Waals surface area contributed by atoms with Crippen LogP contribution in [0.3, 0.4) is 0 Å². The minimum Gasteiger partial charge on any atom is -0.548 e. The molecule has 0 aromatic heterocycles. The third kappa shape index (κ3) is 9.34. The Morgan fingerprint density at radius 3 is 1.91 bits per heavy atom. The molecular weight excluding hydrogens is 491 g/mol. The number of carbonyl (C=O) groups excluding carboxylic acids is 3. The number of carboxylic acid groups (broad SMARTS) is 1. The summed E-state index contributed by atoms with van der Waals surface area (Å²) in [6.07, 6.45) is -3.02. The molecule has 1 unspecified atom stereocenters. The Balaban J connectivity index is 3.34. The van der Waals surface area contributed by atoms with Crippen molar-refractivity contribution in [2.45, 2.75) is 77.5 Å². The first-order valence-corrected chi connectivity index (χ1v) is 11.2. The Kier molecular flexibility index (Phi) is 10.1. The number of aliphatic carboxylic acids is 1. The lowest BCUT2D eigenvalue weighted by Gasteiger charge is -2.34. The molecule has 0 saturated heterocycles. The highest BCUT2D eigenvalue weighted by Gasteiger charge is 2.38. The van der Waals surface area contributed by atoms with E-state index >= 15 is 0 Å². The molecule has 2 atom stereocenters. The summed E-state index contributed by atoms with van der Waals surface area (Å²) in [5, 5.41) is 23.6. The maximum atomic E-state index is 12.8. The van der Waals surface area contributed by atoms with E-state index < -0.39 is 52.8 Å². The molecule has 1 aromatic rings. The van der Waals surface area contributed by atoms with Crippen LogP contribution in [0.15, 0.2) is 18.2 Å². The van der Waals surface area contributed by atoms with Gasteiger partial charge in [0.15, 0.2) is 0 Å². The van der Waals surface area contributed by atoms with E-state index in [0.717, 1.165) is 0 Å². The van der Waals surface area contributed by atoms with E-state index in [0.29, 0.717) is 10.5 Å². The molecule has 0 aliphatic rings. The fourth-order valence-electron chi connectivity index (χ4n) is 3.02. The largest absolute Gasteiger partial charge is 0.548 e. The zero-order valence-electron chi connectivity index (χ0n) is 19.9. The predicted molar refractivity (Wildman–Crippen MR) is 123 cm³/mol. The highest BCUT2D eigenvalue weighted by molar-refractivity contribution is 6.42. The van der Waals surface area contributed by atoms with E-state index in [4.69, 9.17) is 32.7 Å². The first kappa shape index (κ1) is 29.4. The van der Waals surface area contributed by atoms with Gasteiger partial charge in [-0.3, -0.25) is 10.1 Å². The molecule has 1 rings (SSSR count). The summed E-state index contributed by atoms with van der Waals surface area (Å²) in [7, 11) is 0. The molecule has 34 heavy (non-hydrogen) atoms. The van der Waals surface area contributed by atoms with Crippen molar-refractivity contribution in [2.75, 3.05) is 6.54 Å². The number of benzene rings is 1. The maximum absolute atomic E-state index is 12.8. The zero-order valence-corrected chi connectivity index (χ0v) is 21.4. The molecule has 0 bridgehead atoms. The molecule has 1 aromatic carbocycles. The van der Waals surface area contributed by atoms with Gasteiger partial charge >= 0.3 is 12.2 Å². The second-order valence-corrected chi connectivity index (χ2v) is 10.4. The first-order chi connectivity index (χ1) is 15.4. The predicted octanol–water partition coefficient (Wildman–Crippen LogP) is 4.42. The topological polar surface area (TPSA) is 139 Å². The number of carbonyl (C=O) groups is 3. The summed E-state index contributed by atoms with van der Waals surface area (Å²) < 4.78 is 10.4. The van der Waals surface area contributed by atoms with Gasteiger partial charge in [-0.15, -0.1) is 0 Å². The standard InChI is InChI=1S/C22H30Cl2N2O8/c1-21(2,3)33-19(29)26(20(30)34-22(4,5)6)16(18(27)28)11-10-13(12-25(31)32)14-8-7-9-15(23)17(14)24/h7-9,13,16H,10-12H2,1-6H3,(H,27,28)/p-1/t13?,16-/m1/s1. The number of rotatable bonds is 8. The van der Waals surface area contributed by atoms with Crippen molar-refractivity contribution in [1.82, 2.24) is 4.90 Å². The van der Waals surface area contributed by atoms with Crippen molar-refractivity contribution in [2.24, 2.45) is 0 Å². The fourth-order valence-corrected chi connectivity index (χ4v) is 3.49. The second-order valence-electron chi connectivity index (χ2n) is 9.60. The second kappa shape index (κ2) is 11.7. The number of carboxylic acids is 1. The summed E-state index contributed by atoms with van der Waals surface area (Å²) in [6.45, 7) is 8.67. The lowest BCUT2D eigenvalue weighted by Crippen LogP contribution is -2.55. The van der Waals surface area contributed by atoms with E-state index in [1.165, 1.54) is 12.1 Å². The van der Waals surface area contributed by atoms with E-state index in [-0.39, 0.29) is 22.9 Å². The summed E-state index contributed by atoms with van der Waals surface area (Å²) in [4.78, 5) is 48.6. The molecule has 2 amide bonds. The normalized spacial score (nSPS) is 13.5. The van der Waals surface area contributed by atoms with Gasteiger partial charge in [-0.1, -0.05) is 35.3 Å². The summed E-state index contributed by atoms with van der Waals surface area (Å²) >= 11 is 12.2. The van der Waals surface area contributed by atoms with E-state index in [1.807, 2.05) is 0 Å². The van der Waals surface area contributed by atoms with Crippen molar-refractivity contribution < 1.29 is 33.9 Å². The van der Waals surface area contributed by atoms with Crippen LogP contribution in [0.2, 0.25) is 10.0 Å². The number of hydrogen-bond donors (Lipinski definition) is 0. The molecule has 0 radical (unpaired) electrons. The van der Waals surface area contributed by atoms with Gasteiger partial charge in [-0.25, -0.2) is 14.5 Å². The molecule has 0 saturated carbocycles. The van der Waals surface area contributed by atoms with Crippen molar-refractivity contribution in [3.05, 3.63) is 43.9 Å². The van der Waals surface area contributed by atoms with Crippen LogP contribution < -0.4 is 5.11 Å². The van der Waals surface area contributed by atoms with Gasteiger partial charge < -0.3 is 19.4 Å². The number of halogens is 2. The monoisotopic (exact) mass is 519 g/mol. The average Bonchev–Trinajstić information content (AvgIpc) is 2.62. The Morgan fingerprint density at radius 1 is 1.00 bits per heavy atom. The number of amides is 2. The van der Waals surface area contributed by atoms with Gasteiger partial charge in [0.25, 0.3) is 0 Å². The van der Waals surface area contributed by atoms with E-state index in [9.17, 15) is 29.6 Å². The van der Waals surface area contributed by atoms with Crippen LogP contribution in [0.25, 0.3) is 0 Å². The minimum absolute atomic E-state index is 0.0946. The smallest absolute Gasteiger partial charge is 0.420 e. The summed E-state index contributed by atoms with van der Waals surface area (Å²) in [6, 6.07) is 2.78. The Hall–Kier alpha value is -2.59. The molecule has 10 nitrogen and oxygen atoms in total. The Labute approximate surface area is 208 Å². The first-order valence-electron chi connectivity index (χ1n) is 10.4. The third-order valence-corrected chi connectivity index (χ3v) is 5.18. The minimum atomic E-state index is -1.82. The van der Waals surface area contributed by atoms with Crippen LogP contribution in [0, 0.1) is 10.1 Å². The van der Waals surface area contributed by atoms with Crippen molar-refractivity contribution in [1.29, 1.82) is 0 Å². The Bertz CT molecular complexity index is 896. The maximum Gasteiger partial charge on any atom is 0.420 e.